The molecule has 0 spiro atoms. The second kappa shape index (κ2) is 7.51. The lowest BCUT2D eigenvalue weighted by Crippen LogP contribution is -2.39. The van der Waals surface area contributed by atoms with Crippen LogP contribution in [-0.2, 0) is 19.5 Å². The highest BCUT2D eigenvalue weighted by molar-refractivity contribution is 8.00. The molecule has 1 saturated carbocycles. The van der Waals surface area contributed by atoms with Crippen molar-refractivity contribution < 1.29 is 17.9 Å². The van der Waals surface area contributed by atoms with E-state index in [1.807, 2.05) is 11.8 Å². The Hall–Kier alpha value is -0.310. The maximum atomic E-state index is 12.2. The van der Waals surface area contributed by atoms with E-state index in [0.717, 1.165) is 43.6 Å². The summed E-state index contributed by atoms with van der Waals surface area (Å²) in [5.74, 6) is 1.42. The van der Waals surface area contributed by atoms with Crippen LogP contribution in [0.5, 0.6) is 0 Å². The molecule has 5 atom stereocenters. The molecule has 24 heavy (non-hydrogen) atoms. The van der Waals surface area contributed by atoms with Crippen molar-refractivity contribution in [3.05, 3.63) is 0 Å². The Labute approximate surface area is 149 Å². The SMILES string of the molecule is COC1CCC(C2=NN(S(C)(=O)=O)C(C3CCCS3)C2)CC1OC. The Bertz CT molecular complexity index is 575. The largest absolute Gasteiger partial charge is 0.379 e. The van der Waals surface area contributed by atoms with E-state index in [2.05, 4.69) is 5.10 Å². The van der Waals surface area contributed by atoms with Gasteiger partial charge in [-0.1, -0.05) is 0 Å². The summed E-state index contributed by atoms with van der Waals surface area (Å²) in [5, 5.41) is 4.95. The van der Waals surface area contributed by atoms with E-state index in [1.54, 1.807) is 14.2 Å². The van der Waals surface area contributed by atoms with Gasteiger partial charge in [0.1, 0.15) is 0 Å². The summed E-state index contributed by atoms with van der Waals surface area (Å²) >= 11 is 1.89. The molecule has 8 heteroatoms. The highest BCUT2D eigenvalue weighted by atomic mass is 32.2. The topological polar surface area (TPSA) is 68.2 Å². The molecule has 6 nitrogen and oxygen atoms in total. The Morgan fingerprint density at radius 2 is 1.92 bits per heavy atom. The third-order valence-corrected chi connectivity index (χ3v) is 8.01. The van der Waals surface area contributed by atoms with Crippen LogP contribution < -0.4 is 0 Å². The zero-order valence-corrected chi connectivity index (χ0v) is 16.3. The Morgan fingerprint density at radius 1 is 1.17 bits per heavy atom. The molecule has 0 aromatic carbocycles. The summed E-state index contributed by atoms with van der Waals surface area (Å²) in [4.78, 5) is 0. The van der Waals surface area contributed by atoms with Crippen molar-refractivity contribution in [1.29, 1.82) is 0 Å². The molecule has 0 aromatic heterocycles. The van der Waals surface area contributed by atoms with Gasteiger partial charge in [0, 0.05) is 37.5 Å². The van der Waals surface area contributed by atoms with Crippen LogP contribution in [0, 0.1) is 5.92 Å². The quantitative estimate of drug-likeness (QED) is 0.735. The van der Waals surface area contributed by atoms with Gasteiger partial charge >= 0.3 is 0 Å². The van der Waals surface area contributed by atoms with E-state index >= 15 is 0 Å². The zero-order valence-electron chi connectivity index (χ0n) is 14.7. The van der Waals surface area contributed by atoms with Crippen LogP contribution in [0.15, 0.2) is 5.10 Å². The van der Waals surface area contributed by atoms with Crippen molar-refractivity contribution in [2.75, 3.05) is 26.2 Å². The first kappa shape index (κ1) is 18.5. The highest BCUT2D eigenvalue weighted by Gasteiger charge is 2.43. The Morgan fingerprint density at radius 3 is 2.50 bits per heavy atom. The van der Waals surface area contributed by atoms with E-state index in [-0.39, 0.29) is 18.2 Å². The third-order valence-electron chi connectivity index (χ3n) is 5.47. The molecular weight excluding hydrogens is 348 g/mol. The van der Waals surface area contributed by atoms with E-state index in [4.69, 9.17) is 9.47 Å². The second-order valence-electron chi connectivity index (χ2n) is 7.01. The van der Waals surface area contributed by atoms with Gasteiger partial charge in [0.05, 0.1) is 24.5 Å². The summed E-state index contributed by atoms with van der Waals surface area (Å²) in [5.41, 5.74) is 1.04. The summed E-state index contributed by atoms with van der Waals surface area (Å²) in [7, 11) is 0.125. The number of methoxy groups -OCH3 is 2. The van der Waals surface area contributed by atoms with E-state index in [0.29, 0.717) is 11.2 Å². The van der Waals surface area contributed by atoms with Gasteiger partial charge in [0.2, 0.25) is 10.0 Å². The fourth-order valence-corrected chi connectivity index (χ4v) is 6.65. The van der Waals surface area contributed by atoms with Crippen LogP contribution >= 0.6 is 11.8 Å². The molecule has 0 amide bonds. The number of rotatable bonds is 5. The number of hydrogen-bond donors (Lipinski definition) is 0. The van der Waals surface area contributed by atoms with Crippen molar-refractivity contribution in [3.8, 4) is 0 Å². The molecule has 2 fully saturated rings. The zero-order chi connectivity index (χ0) is 17.3. The molecule has 5 unspecified atom stereocenters. The third kappa shape index (κ3) is 3.76. The number of hydrogen-bond acceptors (Lipinski definition) is 6. The molecule has 1 aliphatic carbocycles. The summed E-state index contributed by atoms with van der Waals surface area (Å²) < 4.78 is 36.9. The molecule has 2 heterocycles. The van der Waals surface area contributed by atoms with Gasteiger partial charge in [-0.3, -0.25) is 0 Å². The number of thioether (sulfide) groups is 1. The van der Waals surface area contributed by atoms with Gasteiger partial charge < -0.3 is 9.47 Å². The van der Waals surface area contributed by atoms with Gasteiger partial charge in [-0.05, 0) is 37.9 Å². The fraction of sp³-hybridized carbons (Fsp3) is 0.938. The number of hydrazone groups is 1. The van der Waals surface area contributed by atoms with Crippen molar-refractivity contribution in [2.45, 2.75) is 62.0 Å². The fourth-order valence-electron chi connectivity index (χ4n) is 4.20. The van der Waals surface area contributed by atoms with Crippen molar-refractivity contribution in [1.82, 2.24) is 4.41 Å². The van der Waals surface area contributed by atoms with Gasteiger partial charge in [0.25, 0.3) is 0 Å². The van der Waals surface area contributed by atoms with Gasteiger partial charge in [0.15, 0.2) is 0 Å². The summed E-state index contributed by atoms with van der Waals surface area (Å²) in [6, 6.07) is -0.0105. The van der Waals surface area contributed by atoms with E-state index < -0.39 is 10.0 Å². The van der Waals surface area contributed by atoms with Gasteiger partial charge in [-0.15, -0.1) is 0 Å². The van der Waals surface area contributed by atoms with Gasteiger partial charge in [-0.2, -0.15) is 21.3 Å². The Kier molecular flexibility index (Phi) is 5.79. The molecule has 3 rings (SSSR count). The predicted molar refractivity (Wildman–Crippen MR) is 96.9 cm³/mol. The number of ether oxygens (including phenoxy) is 2. The van der Waals surface area contributed by atoms with Crippen molar-refractivity contribution in [3.63, 3.8) is 0 Å². The normalized spacial score (nSPS) is 37.7. The molecule has 138 valence electrons. The molecule has 3 aliphatic rings. The molecule has 0 N–H and O–H groups in total. The number of sulfonamides is 1. The maximum Gasteiger partial charge on any atom is 0.247 e. The first-order chi connectivity index (χ1) is 11.4. The van der Waals surface area contributed by atoms with Crippen LogP contribution in [-0.4, -0.2) is 68.3 Å². The molecule has 0 aromatic rings. The molecule has 0 radical (unpaired) electrons. The molecule has 1 saturated heterocycles. The summed E-state index contributed by atoms with van der Waals surface area (Å²) in [6.45, 7) is 0. The average Bonchev–Trinajstić information content (AvgIpc) is 3.22. The van der Waals surface area contributed by atoms with Crippen LogP contribution in [0.4, 0.5) is 0 Å². The second-order valence-corrected chi connectivity index (χ2v) is 10.2. The maximum absolute atomic E-state index is 12.2. The Balaban J connectivity index is 1.76. The lowest BCUT2D eigenvalue weighted by Gasteiger charge is -2.34. The smallest absolute Gasteiger partial charge is 0.247 e. The first-order valence-electron chi connectivity index (χ1n) is 8.68. The minimum Gasteiger partial charge on any atom is -0.379 e. The van der Waals surface area contributed by atoms with Crippen LogP contribution in [0.25, 0.3) is 0 Å². The predicted octanol–water partition coefficient (Wildman–Crippen LogP) is 2.10. The summed E-state index contributed by atoms with van der Waals surface area (Å²) in [6.07, 6.45) is 7.25. The average molecular weight is 377 g/mol. The lowest BCUT2D eigenvalue weighted by atomic mass is 9.80. The highest BCUT2D eigenvalue weighted by Crippen LogP contribution is 2.39. The van der Waals surface area contributed by atoms with Crippen LogP contribution in [0.3, 0.4) is 0 Å². The molecule has 0 bridgehead atoms. The van der Waals surface area contributed by atoms with Crippen LogP contribution in [0.1, 0.15) is 38.5 Å². The first-order valence-corrected chi connectivity index (χ1v) is 11.6. The monoisotopic (exact) mass is 376 g/mol. The number of nitrogens with zero attached hydrogens (tertiary/aromatic N) is 2. The van der Waals surface area contributed by atoms with E-state index in [9.17, 15) is 8.42 Å². The minimum atomic E-state index is -3.32. The van der Waals surface area contributed by atoms with E-state index in [1.165, 1.54) is 17.1 Å². The van der Waals surface area contributed by atoms with Gasteiger partial charge in [-0.25, -0.2) is 8.42 Å². The lowest BCUT2D eigenvalue weighted by molar-refractivity contribution is -0.0638. The van der Waals surface area contributed by atoms with Crippen molar-refractivity contribution in [2.24, 2.45) is 11.0 Å². The molecule has 2 aliphatic heterocycles. The minimum absolute atomic E-state index is 0.0105. The van der Waals surface area contributed by atoms with Crippen molar-refractivity contribution >= 4 is 27.5 Å². The van der Waals surface area contributed by atoms with Crippen LogP contribution in [0.2, 0.25) is 0 Å². The molecular formula is C16H28N2O4S2. The standard InChI is InChI=1S/C16H28N2O4S2/c1-21-14-7-6-11(9-15(14)22-2)12-10-13(16-5-4-8-23-16)18(17-12)24(3,19)20/h11,13-16H,4-10H2,1-3H3.